The zero-order valence-electron chi connectivity index (χ0n) is 6.87. The smallest absolute Gasteiger partial charge is 0.145 e. The minimum Gasteiger partial charge on any atom is -0.197 e. The Morgan fingerprint density at radius 1 is 1.50 bits per heavy atom. The van der Waals surface area contributed by atoms with E-state index in [2.05, 4.69) is 42.3 Å². The molecule has 1 unspecified atom stereocenters. The molecule has 0 aliphatic heterocycles. The van der Waals surface area contributed by atoms with Crippen molar-refractivity contribution in [3.8, 4) is 6.07 Å². The van der Waals surface area contributed by atoms with Crippen molar-refractivity contribution in [1.29, 1.82) is 5.26 Å². The van der Waals surface area contributed by atoms with Crippen LogP contribution in [0.15, 0.2) is 22.7 Å². The van der Waals surface area contributed by atoms with Crippen LogP contribution in [0.3, 0.4) is 0 Å². The summed E-state index contributed by atoms with van der Waals surface area (Å²) in [6.45, 7) is 0. The lowest BCUT2D eigenvalue weighted by Crippen LogP contribution is -1.85. The van der Waals surface area contributed by atoms with Crippen LogP contribution in [0.5, 0.6) is 0 Å². The SMILES string of the molecule is N#CC(Br)c1nsc2ccc(Br)cc12. The largest absolute Gasteiger partial charge is 0.197 e. The van der Waals surface area contributed by atoms with Crippen molar-refractivity contribution >= 4 is 53.5 Å². The Morgan fingerprint density at radius 3 is 3.00 bits per heavy atom. The highest BCUT2D eigenvalue weighted by atomic mass is 79.9. The van der Waals surface area contributed by atoms with Crippen LogP contribution in [0.1, 0.15) is 10.5 Å². The third kappa shape index (κ3) is 1.70. The molecule has 1 heterocycles. The minimum atomic E-state index is -0.328. The van der Waals surface area contributed by atoms with Gasteiger partial charge in [0.15, 0.2) is 0 Å². The summed E-state index contributed by atoms with van der Waals surface area (Å²) in [6, 6.07) is 8.08. The molecule has 2 aromatic rings. The van der Waals surface area contributed by atoms with Crippen LogP contribution in [-0.2, 0) is 0 Å². The molecule has 0 bridgehead atoms. The maximum absolute atomic E-state index is 8.79. The summed E-state index contributed by atoms with van der Waals surface area (Å²) in [7, 11) is 0. The van der Waals surface area contributed by atoms with E-state index in [1.165, 1.54) is 11.5 Å². The van der Waals surface area contributed by atoms with E-state index in [-0.39, 0.29) is 4.83 Å². The summed E-state index contributed by atoms with van der Waals surface area (Å²) in [4.78, 5) is -0.328. The zero-order valence-corrected chi connectivity index (χ0v) is 10.9. The van der Waals surface area contributed by atoms with Crippen molar-refractivity contribution in [3.63, 3.8) is 0 Å². The molecule has 5 heteroatoms. The molecule has 0 saturated heterocycles. The normalized spacial score (nSPS) is 12.6. The molecule has 0 spiro atoms. The van der Waals surface area contributed by atoms with Crippen LogP contribution >= 0.6 is 43.4 Å². The van der Waals surface area contributed by atoms with Gasteiger partial charge in [0, 0.05) is 9.86 Å². The first kappa shape index (κ1) is 10.1. The van der Waals surface area contributed by atoms with Gasteiger partial charge in [-0.1, -0.05) is 31.9 Å². The molecule has 2 rings (SSSR count). The standard InChI is InChI=1S/C9H4Br2N2S/c10-5-1-2-8-6(3-5)9(13-14-8)7(11)4-12/h1-3,7H. The summed E-state index contributed by atoms with van der Waals surface area (Å²) in [6.07, 6.45) is 0. The van der Waals surface area contributed by atoms with E-state index < -0.39 is 0 Å². The van der Waals surface area contributed by atoms with Crippen molar-refractivity contribution in [3.05, 3.63) is 28.4 Å². The molecule has 0 N–H and O–H groups in total. The van der Waals surface area contributed by atoms with E-state index in [9.17, 15) is 0 Å². The van der Waals surface area contributed by atoms with Gasteiger partial charge in [0.05, 0.1) is 16.5 Å². The highest BCUT2D eigenvalue weighted by molar-refractivity contribution is 9.10. The van der Waals surface area contributed by atoms with Crippen molar-refractivity contribution in [2.24, 2.45) is 0 Å². The number of halogens is 2. The van der Waals surface area contributed by atoms with E-state index in [4.69, 9.17) is 5.26 Å². The highest BCUT2D eigenvalue weighted by Gasteiger charge is 2.14. The summed E-state index contributed by atoms with van der Waals surface area (Å²) in [5.74, 6) is 0. The molecule has 0 aliphatic carbocycles. The second-order valence-electron chi connectivity index (χ2n) is 2.70. The van der Waals surface area contributed by atoms with E-state index in [0.29, 0.717) is 0 Å². The molecule has 0 radical (unpaired) electrons. The Kier molecular flexibility index (Phi) is 2.86. The first-order chi connectivity index (χ1) is 6.72. The van der Waals surface area contributed by atoms with E-state index in [1.807, 2.05) is 18.2 Å². The second-order valence-corrected chi connectivity index (χ2v) is 5.34. The predicted octanol–water partition coefficient (Wildman–Crippen LogP) is 4.02. The molecule has 1 aromatic carbocycles. The number of alkyl halides is 1. The average molecular weight is 332 g/mol. The van der Waals surface area contributed by atoms with Gasteiger partial charge in [-0.15, -0.1) is 0 Å². The van der Waals surface area contributed by atoms with Gasteiger partial charge in [-0.2, -0.15) is 9.64 Å². The maximum Gasteiger partial charge on any atom is 0.145 e. The van der Waals surface area contributed by atoms with Gasteiger partial charge >= 0.3 is 0 Å². The molecule has 14 heavy (non-hydrogen) atoms. The zero-order chi connectivity index (χ0) is 10.1. The molecule has 0 amide bonds. The summed E-state index contributed by atoms with van der Waals surface area (Å²) >= 11 is 8.09. The van der Waals surface area contributed by atoms with Gasteiger partial charge in [-0.3, -0.25) is 0 Å². The topological polar surface area (TPSA) is 36.7 Å². The molecular formula is C9H4Br2N2S. The summed E-state index contributed by atoms with van der Waals surface area (Å²) in [5.41, 5.74) is 0.800. The fraction of sp³-hybridized carbons (Fsp3) is 0.111. The van der Waals surface area contributed by atoms with Gasteiger partial charge in [0.1, 0.15) is 4.83 Å². The molecule has 70 valence electrons. The van der Waals surface area contributed by atoms with Crippen LogP contribution in [0.25, 0.3) is 10.1 Å². The van der Waals surface area contributed by atoms with Gasteiger partial charge in [-0.05, 0) is 29.7 Å². The van der Waals surface area contributed by atoms with Gasteiger partial charge in [0.2, 0.25) is 0 Å². The van der Waals surface area contributed by atoms with Crippen molar-refractivity contribution < 1.29 is 0 Å². The number of benzene rings is 1. The van der Waals surface area contributed by atoms with E-state index in [0.717, 1.165) is 20.3 Å². The second kappa shape index (κ2) is 3.97. The Bertz CT molecular complexity index is 515. The van der Waals surface area contributed by atoms with E-state index >= 15 is 0 Å². The van der Waals surface area contributed by atoms with Crippen LogP contribution in [0, 0.1) is 11.3 Å². The molecule has 1 atom stereocenters. The number of hydrogen-bond acceptors (Lipinski definition) is 3. The predicted molar refractivity (Wildman–Crippen MR) is 64.6 cm³/mol. The van der Waals surface area contributed by atoms with Gasteiger partial charge < -0.3 is 0 Å². The van der Waals surface area contributed by atoms with E-state index in [1.54, 1.807) is 0 Å². The fourth-order valence-corrected chi connectivity index (χ4v) is 2.81. The number of aromatic nitrogens is 1. The molecule has 2 nitrogen and oxygen atoms in total. The Morgan fingerprint density at radius 2 is 2.29 bits per heavy atom. The minimum absolute atomic E-state index is 0.328. The average Bonchev–Trinajstić information content (AvgIpc) is 2.59. The molecular weight excluding hydrogens is 328 g/mol. The van der Waals surface area contributed by atoms with Crippen molar-refractivity contribution in [1.82, 2.24) is 4.37 Å². The fourth-order valence-electron chi connectivity index (χ4n) is 1.17. The molecule has 0 saturated carbocycles. The van der Waals surface area contributed by atoms with Gasteiger partial charge in [-0.25, -0.2) is 0 Å². The lowest BCUT2D eigenvalue weighted by molar-refractivity contribution is 1.20. The number of nitriles is 1. The van der Waals surface area contributed by atoms with Crippen LogP contribution in [0.4, 0.5) is 0 Å². The third-order valence-electron chi connectivity index (χ3n) is 1.81. The highest BCUT2D eigenvalue weighted by Crippen LogP contribution is 2.32. The van der Waals surface area contributed by atoms with Crippen LogP contribution in [0.2, 0.25) is 0 Å². The van der Waals surface area contributed by atoms with Gasteiger partial charge in [0.25, 0.3) is 0 Å². The van der Waals surface area contributed by atoms with Crippen molar-refractivity contribution in [2.45, 2.75) is 4.83 Å². The Labute approximate surface area is 102 Å². The molecule has 0 aliphatic rings. The first-order valence-electron chi connectivity index (χ1n) is 3.81. The first-order valence-corrected chi connectivity index (χ1v) is 6.29. The van der Waals surface area contributed by atoms with Crippen LogP contribution < -0.4 is 0 Å². The Balaban J connectivity index is 2.68. The van der Waals surface area contributed by atoms with Crippen LogP contribution in [-0.4, -0.2) is 4.37 Å². The number of fused-ring (bicyclic) bond motifs is 1. The third-order valence-corrected chi connectivity index (χ3v) is 3.79. The maximum atomic E-state index is 8.79. The van der Waals surface area contributed by atoms with Crippen molar-refractivity contribution in [2.75, 3.05) is 0 Å². The molecule has 1 aromatic heterocycles. The molecule has 0 fully saturated rings. The monoisotopic (exact) mass is 330 g/mol. The lowest BCUT2D eigenvalue weighted by atomic mass is 10.2. The Hall–Kier alpha value is -0.440. The number of nitrogens with zero attached hydrogens (tertiary/aromatic N) is 2. The number of rotatable bonds is 1. The summed E-state index contributed by atoms with van der Waals surface area (Å²) in [5, 5.41) is 9.83. The summed E-state index contributed by atoms with van der Waals surface area (Å²) < 4.78 is 6.36. The number of hydrogen-bond donors (Lipinski definition) is 0. The quantitative estimate of drug-likeness (QED) is 0.740. The lowest BCUT2D eigenvalue weighted by Gasteiger charge is -1.96.